The van der Waals surface area contributed by atoms with Crippen LogP contribution in [-0.4, -0.2) is 37.7 Å². The van der Waals surface area contributed by atoms with E-state index in [1.807, 2.05) is 4.90 Å². The van der Waals surface area contributed by atoms with Crippen LogP contribution < -0.4 is 16.0 Å². The Hall–Kier alpha value is -1.82. The van der Waals surface area contributed by atoms with Gasteiger partial charge in [0.1, 0.15) is 11.9 Å². The smallest absolute Gasteiger partial charge is 0.245 e. The summed E-state index contributed by atoms with van der Waals surface area (Å²) < 4.78 is 19.0. The number of rotatable bonds is 3. The first kappa shape index (κ1) is 14.1. The van der Waals surface area contributed by atoms with Crippen molar-refractivity contribution in [3.8, 4) is 0 Å². The van der Waals surface area contributed by atoms with Crippen LogP contribution in [0.1, 0.15) is 18.4 Å². The molecule has 1 atom stereocenters. The zero-order valence-electron chi connectivity index (χ0n) is 12.1. The van der Waals surface area contributed by atoms with E-state index < -0.39 is 6.04 Å². The van der Waals surface area contributed by atoms with Gasteiger partial charge in [-0.2, -0.15) is 0 Å². The molecule has 1 unspecified atom stereocenters. The Morgan fingerprint density at radius 1 is 1.48 bits per heavy atom. The number of hydrogen-bond acceptors (Lipinski definition) is 4. The zero-order valence-corrected chi connectivity index (χ0v) is 12.1. The summed E-state index contributed by atoms with van der Waals surface area (Å²) in [6.45, 7) is 3.12. The van der Waals surface area contributed by atoms with Crippen LogP contribution in [0.2, 0.25) is 0 Å². The number of amides is 1. The highest BCUT2D eigenvalue weighted by Gasteiger charge is 2.34. The average Bonchev–Trinajstić information content (AvgIpc) is 3.27. The number of carbonyl (C=O) groups is 1. The van der Waals surface area contributed by atoms with Crippen molar-refractivity contribution in [3.05, 3.63) is 23.5 Å². The molecule has 1 aliphatic carbocycles. The van der Waals surface area contributed by atoms with Gasteiger partial charge in [-0.1, -0.05) is 0 Å². The Morgan fingerprint density at radius 3 is 2.95 bits per heavy atom. The van der Waals surface area contributed by atoms with Gasteiger partial charge in [0, 0.05) is 12.6 Å². The summed E-state index contributed by atoms with van der Waals surface area (Å²) >= 11 is 0. The van der Waals surface area contributed by atoms with Gasteiger partial charge in [-0.15, -0.1) is 0 Å². The predicted molar refractivity (Wildman–Crippen MR) is 78.7 cm³/mol. The molecule has 1 aromatic rings. The highest BCUT2D eigenvalue weighted by atomic mass is 19.1. The third-order valence-corrected chi connectivity index (χ3v) is 3.97. The van der Waals surface area contributed by atoms with Crippen LogP contribution in [0.5, 0.6) is 0 Å². The average molecular weight is 293 g/mol. The van der Waals surface area contributed by atoms with Gasteiger partial charge in [0.05, 0.1) is 24.6 Å². The van der Waals surface area contributed by atoms with Crippen LogP contribution >= 0.6 is 0 Å². The molecule has 1 amide bonds. The number of benzene rings is 1. The van der Waals surface area contributed by atoms with Crippen molar-refractivity contribution in [3.63, 3.8) is 0 Å². The van der Waals surface area contributed by atoms with Crippen molar-refractivity contribution >= 4 is 17.3 Å². The van der Waals surface area contributed by atoms with E-state index in [1.165, 1.54) is 6.07 Å². The lowest BCUT2D eigenvalue weighted by Gasteiger charge is -2.37. The Bertz CT molecular complexity index is 560. The van der Waals surface area contributed by atoms with Gasteiger partial charge in [-0.3, -0.25) is 4.79 Å². The first-order chi connectivity index (χ1) is 10.1. The monoisotopic (exact) mass is 293 g/mol. The number of anilines is 2. The summed E-state index contributed by atoms with van der Waals surface area (Å²) in [5.74, 6) is -0.373. The summed E-state index contributed by atoms with van der Waals surface area (Å²) in [4.78, 5) is 14.3. The minimum atomic E-state index is -0.411. The number of nitrogens with two attached hydrogens (primary N) is 1. The number of aryl methyl sites for hydroxylation is 1. The number of morpholine rings is 1. The second kappa shape index (κ2) is 5.52. The molecule has 1 saturated carbocycles. The lowest BCUT2D eigenvalue weighted by atomic mass is 10.1. The van der Waals surface area contributed by atoms with Crippen molar-refractivity contribution in [2.45, 2.75) is 31.8 Å². The van der Waals surface area contributed by atoms with Gasteiger partial charge in [0.15, 0.2) is 0 Å². The lowest BCUT2D eigenvalue weighted by molar-refractivity contribution is -0.124. The van der Waals surface area contributed by atoms with E-state index in [1.54, 1.807) is 13.0 Å². The summed E-state index contributed by atoms with van der Waals surface area (Å²) in [5, 5.41) is 2.99. The first-order valence-corrected chi connectivity index (χ1v) is 7.26. The first-order valence-electron chi connectivity index (χ1n) is 7.26. The third kappa shape index (κ3) is 2.95. The van der Waals surface area contributed by atoms with E-state index in [2.05, 4.69) is 5.32 Å². The topological polar surface area (TPSA) is 67.6 Å². The van der Waals surface area contributed by atoms with Crippen molar-refractivity contribution in [2.75, 3.05) is 30.4 Å². The molecule has 2 fully saturated rings. The quantitative estimate of drug-likeness (QED) is 0.822. The molecule has 0 bridgehead atoms. The maximum absolute atomic E-state index is 13.6. The second-order valence-corrected chi connectivity index (χ2v) is 5.73. The molecule has 21 heavy (non-hydrogen) atoms. The van der Waals surface area contributed by atoms with Crippen LogP contribution in [0.15, 0.2) is 12.1 Å². The van der Waals surface area contributed by atoms with Crippen LogP contribution in [0.4, 0.5) is 15.8 Å². The van der Waals surface area contributed by atoms with Crippen molar-refractivity contribution < 1.29 is 13.9 Å². The zero-order chi connectivity index (χ0) is 15.0. The van der Waals surface area contributed by atoms with E-state index in [9.17, 15) is 9.18 Å². The molecular formula is C15H20FN3O2. The molecule has 1 aliphatic heterocycles. The minimum absolute atomic E-state index is 0.0430. The number of nitrogens with zero attached hydrogens (tertiary/aromatic N) is 1. The fourth-order valence-corrected chi connectivity index (χ4v) is 2.56. The summed E-state index contributed by atoms with van der Waals surface area (Å²) in [7, 11) is 0. The maximum Gasteiger partial charge on any atom is 0.245 e. The number of nitrogen functional groups attached to an aromatic ring is 1. The highest BCUT2D eigenvalue weighted by Crippen LogP contribution is 2.30. The largest absolute Gasteiger partial charge is 0.397 e. The lowest BCUT2D eigenvalue weighted by Crippen LogP contribution is -2.54. The number of ether oxygens (including phenoxy) is 1. The standard InChI is InChI=1S/C15H20FN3O2/c1-9-6-13(12(17)7-11(9)16)19-4-5-21-8-14(19)15(20)18-10-2-3-10/h6-7,10,14H,2-5,8,17H2,1H3,(H,18,20). The van der Waals surface area contributed by atoms with Gasteiger partial charge in [-0.05, 0) is 37.5 Å². The molecular weight excluding hydrogens is 273 g/mol. The van der Waals surface area contributed by atoms with Crippen molar-refractivity contribution in [1.82, 2.24) is 5.32 Å². The van der Waals surface area contributed by atoms with Gasteiger partial charge in [0.2, 0.25) is 5.91 Å². The Labute approximate surface area is 123 Å². The molecule has 5 nitrogen and oxygen atoms in total. The molecule has 0 radical (unpaired) electrons. The molecule has 0 spiro atoms. The third-order valence-electron chi connectivity index (χ3n) is 3.97. The predicted octanol–water partition coefficient (Wildman–Crippen LogP) is 1.20. The Kier molecular flexibility index (Phi) is 3.71. The van der Waals surface area contributed by atoms with Crippen LogP contribution in [0.25, 0.3) is 0 Å². The number of halogens is 1. The van der Waals surface area contributed by atoms with Crippen LogP contribution in [0, 0.1) is 12.7 Å². The van der Waals surface area contributed by atoms with Gasteiger partial charge < -0.3 is 20.7 Å². The molecule has 6 heteroatoms. The van der Waals surface area contributed by atoms with E-state index in [0.29, 0.717) is 42.7 Å². The number of carbonyl (C=O) groups excluding carboxylic acids is 1. The van der Waals surface area contributed by atoms with Gasteiger partial charge in [0.25, 0.3) is 0 Å². The maximum atomic E-state index is 13.6. The SMILES string of the molecule is Cc1cc(N2CCOCC2C(=O)NC2CC2)c(N)cc1F. The fourth-order valence-electron chi connectivity index (χ4n) is 2.56. The molecule has 3 N–H and O–H groups in total. The normalized spacial score (nSPS) is 22.2. The molecule has 3 rings (SSSR count). The number of nitrogens with one attached hydrogen (secondary N) is 1. The minimum Gasteiger partial charge on any atom is -0.397 e. The van der Waals surface area contributed by atoms with E-state index >= 15 is 0 Å². The Balaban J connectivity index is 1.86. The van der Waals surface area contributed by atoms with Gasteiger partial charge in [-0.25, -0.2) is 4.39 Å². The van der Waals surface area contributed by atoms with Crippen LogP contribution in [0.3, 0.4) is 0 Å². The second-order valence-electron chi connectivity index (χ2n) is 5.73. The highest BCUT2D eigenvalue weighted by molar-refractivity contribution is 5.87. The van der Waals surface area contributed by atoms with E-state index in [-0.39, 0.29) is 11.7 Å². The van der Waals surface area contributed by atoms with Crippen molar-refractivity contribution in [2.24, 2.45) is 0 Å². The van der Waals surface area contributed by atoms with E-state index in [0.717, 1.165) is 12.8 Å². The molecule has 1 aromatic carbocycles. The number of hydrogen-bond donors (Lipinski definition) is 2. The van der Waals surface area contributed by atoms with Crippen LogP contribution in [-0.2, 0) is 9.53 Å². The van der Waals surface area contributed by atoms with E-state index in [4.69, 9.17) is 10.5 Å². The molecule has 1 saturated heterocycles. The van der Waals surface area contributed by atoms with Gasteiger partial charge >= 0.3 is 0 Å². The molecule has 0 aromatic heterocycles. The summed E-state index contributed by atoms with van der Waals surface area (Å²) in [5.41, 5.74) is 7.52. The van der Waals surface area contributed by atoms with Crippen molar-refractivity contribution in [1.29, 1.82) is 0 Å². The summed E-state index contributed by atoms with van der Waals surface area (Å²) in [6.07, 6.45) is 2.08. The summed E-state index contributed by atoms with van der Waals surface area (Å²) in [6, 6.07) is 2.91. The fraction of sp³-hybridized carbons (Fsp3) is 0.533. The molecule has 114 valence electrons. The molecule has 2 aliphatic rings. The molecule has 1 heterocycles. The Morgan fingerprint density at radius 2 is 2.24 bits per heavy atom.